The summed E-state index contributed by atoms with van der Waals surface area (Å²) in [5.74, 6) is 0.0501. The summed E-state index contributed by atoms with van der Waals surface area (Å²) in [6.07, 6.45) is 5.89. The van der Waals surface area contributed by atoms with Gasteiger partial charge in [-0.3, -0.25) is 0 Å². The van der Waals surface area contributed by atoms with Gasteiger partial charge in [0.15, 0.2) is 5.82 Å². The van der Waals surface area contributed by atoms with Gasteiger partial charge >= 0.3 is 0 Å². The van der Waals surface area contributed by atoms with Gasteiger partial charge in [0.25, 0.3) is 0 Å². The van der Waals surface area contributed by atoms with Crippen LogP contribution < -0.4 is 5.32 Å². The van der Waals surface area contributed by atoms with Gasteiger partial charge in [-0.1, -0.05) is 0 Å². The largest absolute Gasteiger partial charge is 0.378 e. The highest BCUT2D eigenvalue weighted by molar-refractivity contribution is 5.21. The maximum Gasteiger partial charge on any atom is 0.222 e. The molecule has 1 fully saturated rings. The molecule has 15 heavy (non-hydrogen) atoms. The Morgan fingerprint density at radius 1 is 1.47 bits per heavy atom. The predicted molar refractivity (Wildman–Crippen MR) is 54.1 cm³/mol. The second kappa shape index (κ2) is 5.02. The topological polar surface area (TPSA) is 47.0 Å². The number of nitrogens with zero attached hydrogens (tertiary/aromatic N) is 2. The first-order valence-electron chi connectivity index (χ1n) is 5.17. The molecule has 0 aromatic carbocycles. The van der Waals surface area contributed by atoms with Crippen molar-refractivity contribution < 1.29 is 9.13 Å². The van der Waals surface area contributed by atoms with Crippen LogP contribution in [0, 0.1) is 5.82 Å². The van der Waals surface area contributed by atoms with Gasteiger partial charge < -0.3 is 10.1 Å². The van der Waals surface area contributed by atoms with Crippen LogP contribution in [0.2, 0.25) is 0 Å². The minimum absolute atomic E-state index is 0.359. The number of aromatic nitrogens is 2. The van der Waals surface area contributed by atoms with Crippen LogP contribution in [-0.4, -0.2) is 29.2 Å². The lowest BCUT2D eigenvalue weighted by molar-refractivity contribution is 0.107. The van der Waals surface area contributed by atoms with Crippen molar-refractivity contribution in [3.05, 3.63) is 18.2 Å². The molecule has 1 aliphatic rings. The summed E-state index contributed by atoms with van der Waals surface area (Å²) in [4.78, 5) is 7.61. The van der Waals surface area contributed by atoms with Gasteiger partial charge in [-0.15, -0.1) is 0 Å². The minimum atomic E-state index is -0.417. The van der Waals surface area contributed by atoms with Crippen molar-refractivity contribution in [3.8, 4) is 0 Å². The summed E-state index contributed by atoms with van der Waals surface area (Å²) in [7, 11) is 0. The molecule has 0 radical (unpaired) electrons. The van der Waals surface area contributed by atoms with Crippen molar-refractivity contribution in [2.45, 2.75) is 25.4 Å². The second-order valence-electron chi connectivity index (χ2n) is 3.58. The smallest absolute Gasteiger partial charge is 0.222 e. The standard InChI is InChI=1S/C10H14FN3O/c11-8-6-13-10(14-7-8)12-4-3-9-2-1-5-15-9/h6-7,9H,1-5H2,(H,12,13,14). The summed E-state index contributed by atoms with van der Waals surface area (Å²) in [5, 5.41) is 3.03. The highest BCUT2D eigenvalue weighted by Gasteiger charge is 2.14. The van der Waals surface area contributed by atoms with E-state index in [2.05, 4.69) is 15.3 Å². The Morgan fingerprint density at radius 2 is 2.27 bits per heavy atom. The van der Waals surface area contributed by atoms with Crippen LogP contribution in [0.3, 0.4) is 0 Å². The van der Waals surface area contributed by atoms with Crippen molar-refractivity contribution in [3.63, 3.8) is 0 Å². The Balaban J connectivity index is 1.71. The van der Waals surface area contributed by atoms with E-state index >= 15 is 0 Å². The summed E-state index contributed by atoms with van der Waals surface area (Å²) in [5.41, 5.74) is 0. The van der Waals surface area contributed by atoms with Crippen LogP contribution >= 0.6 is 0 Å². The van der Waals surface area contributed by atoms with E-state index in [9.17, 15) is 4.39 Å². The Bertz CT molecular complexity index is 298. The molecular weight excluding hydrogens is 197 g/mol. The first kappa shape index (κ1) is 10.3. The molecule has 82 valence electrons. The third-order valence-electron chi connectivity index (χ3n) is 2.39. The zero-order chi connectivity index (χ0) is 10.5. The van der Waals surface area contributed by atoms with Gasteiger partial charge in [-0.05, 0) is 19.3 Å². The van der Waals surface area contributed by atoms with E-state index in [-0.39, 0.29) is 0 Å². The molecule has 4 nitrogen and oxygen atoms in total. The van der Waals surface area contributed by atoms with Gasteiger partial charge in [-0.2, -0.15) is 0 Å². The molecule has 1 aromatic heterocycles. The molecule has 0 aliphatic carbocycles. The zero-order valence-corrected chi connectivity index (χ0v) is 8.45. The van der Waals surface area contributed by atoms with E-state index in [4.69, 9.17) is 4.74 Å². The van der Waals surface area contributed by atoms with Gasteiger partial charge in [0.1, 0.15) is 0 Å². The fraction of sp³-hybridized carbons (Fsp3) is 0.600. The maximum atomic E-state index is 12.5. The van der Waals surface area contributed by atoms with E-state index in [1.54, 1.807) is 0 Å². The average Bonchev–Trinajstić information content (AvgIpc) is 2.74. The Hall–Kier alpha value is -1.23. The number of nitrogens with one attached hydrogen (secondary N) is 1. The molecular formula is C10H14FN3O. The van der Waals surface area contributed by atoms with Crippen LogP contribution in [0.1, 0.15) is 19.3 Å². The molecule has 1 saturated heterocycles. The summed E-state index contributed by atoms with van der Waals surface area (Å²) >= 11 is 0. The fourth-order valence-corrected chi connectivity index (χ4v) is 1.62. The molecule has 2 rings (SSSR count). The Labute approximate surface area is 87.9 Å². The molecule has 5 heteroatoms. The van der Waals surface area contributed by atoms with Crippen molar-refractivity contribution in [1.82, 2.24) is 9.97 Å². The van der Waals surface area contributed by atoms with Crippen LogP contribution in [0.4, 0.5) is 10.3 Å². The number of hydrogen-bond donors (Lipinski definition) is 1. The molecule has 1 unspecified atom stereocenters. The maximum absolute atomic E-state index is 12.5. The number of halogens is 1. The third kappa shape index (κ3) is 3.13. The first-order chi connectivity index (χ1) is 7.34. The lowest BCUT2D eigenvalue weighted by Crippen LogP contribution is -2.13. The van der Waals surface area contributed by atoms with Gasteiger partial charge in [0.2, 0.25) is 5.95 Å². The minimum Gasteiger partial charge on any atom is -0.378 e. The molecule has 1 aromatic rings. The van der Waals surface area contributed by atoms with Crippen molar-refractivity contribution >= 4 is 5.95 Å². The fourth-order valence-electron chi connectivity index (χ4n) is 1.62. The van der Waals surface area contributed by atoms with Gasteiger partial charge in [-0.25, -0.2) is 14.4 Å². The lowest BCUT2D eigenvalue weighted by Gasteiger charge is -2.09. The molecule has 2 heterocycles. The SMILES string of the molecule is Fc1cnc(NCCC2CCCO2)nc1. The Morgan fingerprint density at radius 3 is 2.93 bits per heavy atom. The highest BCUT2D eigenvalue weighted by Crippen LogP contribution is 2.14. The van der Waals surface area contributed by atoms with Crippen molar-refractivity contribution in [2.75, 3.05) is 18.5 Å². The van der Waals surface area contributed by atoms with E-state index in [0.717, 1.165) is 44.8 Å². The first-order valence-corrected chi connectivity index (χ1v) is 5.17. The van der Waals surface area contributed by atoms with Gasteiger partial charge in [0.05, 0.1) is 18.5 Å². The summed E-state index contributed by atoms with van der Waals surface area (Å²) < 4.78 is 18.0. The van der Waals surface area contributed by atoms with E-state index in [1.165, 1.54) is 0 Å². The molecule has 1 atom stereocenters. The molecule has 0 spiro atoms. The quantitative estimate of drug-likeness (QED) is 0.821. The highest BCUT2D eigenvalue weighted by atomic mass is 19.1. The van der Waals surface area contributed by atoms with Crippen LogP contribution in [0.5, 0.6) is 0 Å². The molecule has 0 bridgehead atoms. The number of anilines is 1. The average molecular weight is 211 g/mol. The molecule has 0 saturated carbocycles. The molecule has 1 N–H and O–H groups in total. The predicted octanol–water partition coefficient (Wildman–Crippen LogP) is 1.60. The lowest BCUT2D eigenvalue weighted by atomic mass is 10.2. The van der Waals surface area contributed by atoms with Crippen molar-refractivity contribution in [1.29, 1.82) is 0 Å². The van der Waals surface area contributed by atoms with Crippen LogP contribution in [-0.2, 0) is 4.74 Å². The normalized spacial score (nSPS) is 20.5. The molecule has 0 amide bonds. The number of hydrogen-bond acceptors (Lipinski definition) is 4. The monoisotopic (exact) mass is 211 g/mol. The van der Waals surface area contributed by atoms with Crippen LogP contribution in [0.15, 0.2) is 12.4 Å². The Kier molecular flexibility index (Phi) is 3.45. The van der Waals surface area contributed by atoms with Gasteiger partial charge in [0, 0.05) is 13.2 Å². The number of ether oxygens (including phenoxy) is 1. The van der Waals surface area contributed by atoms with Crippen molar-refractivity contribution in [2.24, 2.45) is 0 Å². The van der Waals surface area contributed by atoms with E-state index in [0.29, 0.717) is 12.1 Å². The summed E-state index contributed by atoms with van der Waals surface area (Å²) in [6.45, 7) is 1.63. The molecule has 1 aliphatic heterocycles. The van der Waals surface area contributed by atoms with Crippen LogP contribution in [0.25, 0.3) is 0 Å². The van der Waals surface area contributed by atoms with E-state index < -0.39 is 5.82 Å². The van der Waals surface area contributed by atoms with E-state index in [1.807, 2.05) is 0 Å². The third-order valence-corrected chi connectivity index (χ3v) is 2.39. The summed E-state index contributed by atoms with van der Waals surface area (Å²) in [6, 6.07) is 0. The second-order valence-corrected chi connectivity index (χ2v) is 3.58. The zero-order valence-electron chi connectivity index (χ0n) is 8.45. The number of rotatable bonds is 4.